The number of aliphatic hydroxyl groups excluding tert-OH is 1. The van der Waals surface area contributed by atoms with Crippen molar-refractivity contribution in [1.29, 1.82) is 0 Å². The smallest absolute Gasteiger partial charge is 0.320 e. The van der Waals surface area contributed by atoms with Crippen LogP contribution in [0.15, 0.2) is 0 Å². The van der Waals surface area contributed by atoms with Crippen LogP contribution in [0.3, 0.4) is 0 Å². The Morgan fingerprint density at radius 1 is 1.12 bits per heavy atom. The first-order valence-electron chi connectivity index (χ1n) is 6.59. The fourth-order valence-electron chi connectivity index (χ4n) is 3.38. The van der Waals surface area contributed by atoms with Crippen LogP contribution in [-0.2, 0) is 4.74 Å². The SMILES string of the molecule is O=C(N1CCOCC1)N1C2CCC1CC(O)C2. The lowest BCUT2D eigenvalue weighted by atomic mass is 10.0. The van der Waals surface area contributed by atoms with E-state index in [0.29, 0.717) is 26.3 Å². The highest BCUT2D eigenvalue weighted by atomic mass is 16.5. The molecule has 2 unspecified atom stereocenters. The van der Waals surface area contributed by atoms with Crippen molar-refractivity contribution in [3.8, 4) is 0 Å². The number of carbonyl (C=O) groups excluding carboxylic acids is 1. The second kappa shape index (κ2) is 4.46. The third-order valence-electron chi connectivity index (χ3n) is 4.21. The van der Waals surface area contributed by atoms with Gasteiger partial charge in [0, 0.05) is 25.2 Å². The number of carbonyl (C=O) groups is 1. The Morgan fingerprint density at radius 2 is 1.71 bits per heavy atom. The van der Waals surface area contributed by atoms with Gasteiger partial charge in [-0.2, -0.15) is 0 Å². The van der Waals surface area contributed by atoms with Gasteiger partial charge >= 0.3 is 6.03 Å². The Bertz CT molecular complexity index is 290. The summed E-state index contributed by atoms with van der Waals surface area (Å²) in [5.74, 6) is 0. The number of hydrogen-bond donors (Lipinski definition) is 1. The molecule has 0 aromatic heterocycles. The lowest BCUT2D eigenvalue weighted by Gasteiger charge is -2.41. The van der Waals surface area contributed by atoms with Crippen LogP contribution in [0, 0.1) is 0 Å². The quantitative estimate of drug-likeness (QED) is 0.668. The van der Waals surface area contributed by atoms with Crippen molar-refractivity contribution >= 4 is 6.03 Å². The van der Waals surface area contributed by atoms with Gasteiger partial charge in [-0.3, -0.25) is 0 Å². The largest absolute Gasteiger partial charge is 0.393 e. The third-order valence-corrected chi connectivity index (χ3v) is 4.21. The molecule has 3 rings (SSSR count). The molecule has 0 radical (unpaired) electrons. The predicted molar refractivity (Wildman–Crippen MR) is 61.7 cm³/mol. The molecular weight excluding hydrogens is 220 g/mol. The van der Waals surface area contributed by atoms with Crippen LogP contribution in [0.1, 0.15) is 25.7 Å². The molecule has 3 fully saturated rings. The number of hydrogen-bond acceptors (Lipinski definition) is 3. The second-order valence-electron chi connectivity index (χ2n) is 5.30. The molecule has 3 aliphatic heterocycles. The highest BCUT2D eigenvalue weighted by Gasteiger charge is 2.44. The highest BCUT2D eigenvalue weighted by Crippen LogP contribution is 2.36. The van der Waals surface area contributed by atoms with E-state index in [2.05, 4.69) is 0 Å². The zero-order chi connectivity index (χ0) is 11.8. The molecule has 17 heavy (non-hydrogen) atoms. The topological polar surface area (TPSA) is 53.0 Å². The molecule has 3 heterocycles. The summed E-state index contributed by atoms with van der Waals surface area (Å²) in [5.41, 5.74) is 0. The first-order valence-corrected chi connectivity index (χ1v) is 6.59. The molecule has 2 atom stereocenters. The summed E-state index contributed by atoms with van der Waals surface area (Å²) in [7, 11) is 0. The van der Waals surface area contributed by atoms with Gasteiger partial charge in [0.15, 0.2) is 0 Å². The molecule has 0 aromatic rings. The molecule has 3 saturated heterocycles. The standard InChI is InChI=1S/C12H20N2O3/c15-11-7-9-1-2-10(8-11)14(9)12(16)13-3-5-17-6-4-13/h9-11,15H,1-8H2. The van der Waals surface area contributed by atoms with Gasteiger partial charge in [0.1, 0.15) is 0 Å². The average molecular weight is 240 g/mol. The summed E-state index contributed by atoms with van der Waals surface area (Å²) in [5, 5.41) is 9.73. The highest BCUT2D eigenvalue weighted by molar-refractivity contribution is 5.76. The maximum absolute atomic E-state index is 12.4. The van der Waals surface area contributed by atoms with Crippen LogP contribution in [0.4, 0.5) is 4.79 Å². The molecule has 5 heteroatoms. The van der Waals surface area contributed by atoms with Crippen LogP contribution in [0.5, 0.6) is 0 Å². The number of piperidine rings is 1. The van der Waals surface area contributed by atoms with Crippen LogP contribution < -0.4 is 0 Å². The molecule has 2 amide bonds. The van der Waals surface area contributed by atoms with Gasteiger partial charge in [-0.15, -0.1) is 0 Å². The van der Waals surface area contributed by atoms with Crippen LogP contribution in [-0.4, -0.2) is 65.4 Å². The van der Waals surface area contributed by atoms with Gasteiger partial charge in [-0.25, -0.2) is 4.79 Å². The Hall–Kier alpha value is -0.810. The monoisotopic (exact) mass is 240 g/mol. The molecule has 3 aliphatic rings. The number of fused-ring (bicyclic) bond motifs is 2. The molecule has 0 spiro atoms. The maximum atomic E-state index is 12.4. The molecular formula is C12H20N2O3. The van der Waals surface area contributed by atoms with Crippen LogP contribution >= 0.6 is 0 Å². The minimum atomic E-state index is -0.207. The predicted octanol–water partition coefficient (Wildman–Crippen LogP) is 0.426. The van der Waals surface area contributed by atoms with E-state index < -0.39 is 0 Å². The maximum Gasteiger partial charge on any atom is 0.320 e. The molecule has 0 aromatic carbocycles. The molecule has 0 aliphatic carbocycles. The Labute approximate surface area is 101 Å². The van der Waals surface area contributed by atoms with Crippen molar-refractivity contribution in [2.75, 3.05) is 26.3 Å². The van der Waals surface area contributed by atoms with E-state index in [-0.39, 0.29) is 24.2 Å². The summed E-state index contributed by atoms with van der Waals surface area (Å²) in [6.45, 7) is 2.71. The fourth-order valence-corrected chi connectivity index (χ4v) is 3.38. The minimum Gasteiger partial charge on any atom is -0.393 e. The van der Waals surface area contributed by atoms with Crippen molar-refractivity contribution in [3.63, 3.8) is 0 Å². The normalized spacial score (nSPS) is 37.4. The molecule has 2 bridgehead atoms. The van der Waals surface area contributed by atoms with Gasteiger partial charge in [0.25, 0.3) is 0 Å². The summed E-state index contributed by atoms with van der Waals surface area (Å²) >= 11 is 0. The van der Waals surface area contributed by atoms with Gasteiger partial charge in [0.05, 0.1) is 19.3 Å². The van der Waals surface area contributed by atoms with E-state index in [1.807, 2.05) is 9.80 Å². The van der Waals surface area contributed by atoms with E-state index >= 15 is 0 Å². The lowest BCUT2D eigenvalue weighted by Crippen LogP contribution is -2.55. The van der Waals surface area contributed by atoms with Crippen LogP contribution in [0.2, 0.25) is 0 Å². The zero-order valence-corrected chi connectivity index (χ0v) is 10.0. The number of rotatable bonds is 0. The number of amides is 2. The zero-order valence-electron chi connectivity index (χ0n) is 10.0. The number of morpholine rings is 1. The summed E-state index contributed by atoms with van der Waals surface area (Å²) in [6, 6.07) is 0.686. The van der Waals surface area contributed by atoms with Crippen molar-refractivity contribution in [2.45, 2.75) is 43.9 Å². The van der Waals surface area contributed by atoms with Crippen molar-refractivity contribution in [2.24, 2.45) is 0 Å². The number of nitrogens with zero attached hydrogens (tertiary/aromatic N) is 2. The molecule has 96 valence electrons. The number of urea groups is 1. The number of ether oxygens (including phenoxy) is 1. The van der Waals surface area contributed by atoms with Crippen molar-refractivity contribution in [1.82, 2.24) is 9.80 Å². The first-order chi connectivity index (χ1) is 8.25. The Balaban J connectivity index is 1.69. The molecule has 0 saturated carbocycles. The first kappa shape index (κ1) is 11.3. The van der Waals surface area contributed by atoms with E-state index in [9.17, 15) is 9.90 Å². The van der Waals surface area contributed by atoms with Gasteiger partial charge in [-0.1, -0.05) is 0 Å². The van der Waals surface area contributed by atoms with Gasteiger partial charge in [-0.05, 0) is 25.7 Å². The Kier molecular flexibility index (Phi) is 2.96. The molecule has 1 N–H and O–H groups in total. The molecule has 5 nitrogen and oxygen atoms in total. The van der Waals surface area contributed by atoms with Gasteiger partial charge in [0.2, 0.25) is 0 Å². The van der Waals surface area contributed by atoms with E-state index in [1.54, 1.807) is 0 Å². The minimum absolute atomic E-state index is 0.160. The lowest BCUT2D eigenvalue weighted by molar-refractivity contribution is 0.0164. The number of aliphatic hydroxyl groups is 1. The van der Waals surface area contributed by atoms with Crippen molar-refractivity contribution < 1.29 is 14.6 Å². The van der Waals surface area contributed by atoms with E-state index in [0.717, 1.165) is 25.7 Å². The summed E-state index contributed by atoms with van der Waals surface area (Å²) in [4.78, 5) is 16.4. The van der Waals surface area contributed by atoms with E-state index in [1.165, 1.54) is 0 Å². The Morgan fingerprint density at radius 3 is 2.29 bits per heavy atom. The average Bonchev–Trinajstić information content (AvgIpc) is 2.62. The van der Waals surface area contributed by atoms with E-state index in [4.69, 9.17) is 4.74 Å². The summed E-state index contributed by atoms with van der Waals surface area (Å²) in [6.07, 6.45) is 3.41. The van der Waals surface area contributed by atoms with Crippen LogP contribution in [0.25, 0.3) is 0 Å². The second-order valence-corrected chi connectivity index (χ2v) is 5.30. The third kappa shape index (κ3) is 2.02. The van der Waals surface area contributed by atoms with Crippen molar-refractivity contribution in [3.05, 3.63) is 0 Å². The summed E-state index contributed by atoms with van der Waals surface area (Å²) < 4.78 is 5.27. The van der Waals surface area contributed by atoms with Gasteiger partial charge < -0.3 is 19.6 Å². The fraction of sp³-hybridized carbons (Fsp3) is 0.917.